The Labute approximate surface area is 101 Å². The minimum absolute atomic E-state index is 0.0730. The van der Waals surface area contributed by atoms with Crippen molar-refractivity contribution in [3.05, 3.63) is 11.9 Å². The predicted molar refractivity (Wildman–Crippen MR) is 61.5 cm³/mol. The number of aliphatic hydroxyl groups excluding tert-OH is 1. The van der Waals surface area contributed by atoms with Gasteiger partial charge in [0.2, 0.25) is 0 Å². The highest BCUT2D eigenvalue weighted by Gasteiger charge is 1.99. The monoisotopic (exact) mass is 244 g/mol. The van der Waals surface area contributed by atoms with Crippen LogP contribution in [0.4, 0.5) is 0 Å². The minimum atomic E-state index is 0.0730. The third-order valence-electron chi connectivity index (χ3n) is 2.08. The van der Waals surface area contributed by atoms with Crippen LogP contribution in [0.25, 0.3) is 0 Å². The second-order valence-corrected chi connectivity index (χ2v) is 3.48. The maximum Gasteiger partial charge on any atom is 0.0964 e. The summed E-state index contributed by atoms with van der Waals surface area (Å²) in [5, 5.41) is 19.7. The van der Waals surface area contributed by atoms with Gasteiger partial charge in [-0.3, -0.25) is 0 Å². The zero-order chi connectivity index (χ0) is 12.3. The summed E-state index contributed by atoms with van der Waals surface area (Å²) >= 11 is 0. The van der Waals surface area contributed by atoms with E-state index in [0.29, 0.717) is 32.9 Å². The maximum atomic E-state index is 8.71. The lowest BCUT2D eigenvalue weighted by Crippen LogP contribution is -2.20. The zero-order valence-corrected chi connectivity index (χ0v) is 10.1. The van der Waals surface area contributed by atoms with Gasteiger partial charge in [-0.25, -0.2) is 4.68 Å². The smallest absolute Gasteiger partial charge is 0.0964 e. The number of aliphatic hydroxyl groups is 1. The number of aromatic nitrogens is 3. The number of rotatable bonds is 10. The molecule has 7 nitrogen and oxygen atoms in total. The number of nitrogens with one attached hydrogen (secondary N) is 1. The Hall–Kier alpha value is -1.02. The summed E-state index contributed by atoms with van der Waals surface area (Å²) < 4.78 is 11.8. The summed E-state index contributed by atoms with van der Waals surface area (Å²) in [5.41, 5.74) is 0.857. The first-order valence-electron chi connectivity index (χ1n) is 5.64. The molecule has 0 aliphatic heterocycles. The summed E-state index contributed by atoms with van der Waals surface area (Å²) in [6.07, 6.45) is 1.81. The molecule has 17 heavy (non-hydrogen) atoms. The maximum absolute atomic E-state index is 8.71. The van der Waals surface area contributed by atoms with E-state index in [-0.39, 0.29) is 6.61 Å². The van der Waals surface area contributed by atoms with Crippen molar-refractivity contribution in [3.63, 3.8) is 0 Å². The van der Waals surface area contributed by atoms with Gasteiger partial charge in [-0.15, -0.1) is 5.10 Å². The van der Waals surface area contributed by atoms with Gasteiger partial charge in [0.1, 0.15) is 0 Å². The Morgan fingerprint density at radius 3 is 3.06 bits per heavy atom. The van der Waals surface area contributed by atoms with Crippen LogP contribution >= 0.6 is 0 Å². The van der Waals surface area contributed by atoms with Crippen LogP contribution in [0.15, 0.2) is 6.20 Å². The molecule has 1 heterocycles. The van der Waals surface area contributed by atoms with Gasteiger partial charge in [0, 0.05) is 26.4 Å². The molecule has 0 saturated carbocycles. The van der Waals surface area contributed by atoms with Crippen molar-refractivity contribution in [2.45, 2.75) is 13.1 Å². The molecule has 0 unspecified atom stereocenters. The summed E-state index contributed by atoms with van der Waals surface area (Å²) in [4.78, 5) is 0. The van der Waals surface area contributed by atoms with E-state index in [9.17, 15) is 0 Å². The molecule has 0 saturated heterocycles. The van der Waals surface area contributed by atoms with Gasteiger partial charge in [-0.2, -0.15) is 0 Å². The quantitative estimate of drug-likeness (QED) is 0.515. The molecule has 0 amide bonds. The molecule has 0 atom stereocenters. The highest BCUT2D eigenvalue weighted by Crippen LogP contribution is 1.91. The van der Waals surface area contributed by atoms with Gasteiger partial charge in [0.15, 0.2) is 0 Å². The molecule has 1 aromatic heterocycles. The van der Waals surface area contributed by atoms with E-state index in [1.54, 1.807) is 11.8 Å². The number of nitrogens with zero attached hydrogens (tertiary/aromatic N) is 3. The summed E-state index contributed by atoms with van der Waals surface area (Å²) in [5.74, 6) is 0. The molecule has 0 spiro atoms. The first-order chi connectivity index (χ1) is 8.36. The topological polar surface area (TPSA) is 81.4 Å². The van der Waals surface area contributed by atoms with Crippen LogP contribution in [0.2, 0.25) is 0 Å². The van der Waals surface area contributed by atoms with Gasteiger partial charge in [0.25, 0.3) is 0 Å². The molecule has 1 rings (SSSR count). The molecular weight excluding hydrogens is 224 g/mol. The largest absolute Gasteiger partial charge is 0.394 e. The second kappa shape index (κ2) is 9.06. The van der Waals surface area contributed by atoms with Crippen LogP contribution in [0.3, 0.4) is 0 Å². The van der Waals surface area contributed by atoms with E-state index in [0.717, 1.165) is 12.2 Å². The van der Waals surface area contributed by atoms with Crippen LogP contribution < -0.4 is 5.32 Å². The number of methoxy groups -OCH3 is 1. The van der Waals surface area contributed by atoms with E-state index in [1.807, 2.05) is 6.20 Å². The Morgan fingerprint density at radius 2 is 2.29 bits per heavy atom. The van der Waals surface area contributed by atoms with Crippen molar-refractivity contribution < 1.29 is 14.6 Å². The van der Waals surface area contributed by atoms with Crippen LogP contribution in [0.1, 0.15) is 5.69 Å². The molecule has 0 radical (unpaired) electrons. The third kappa shape index (κ3) is 6.32. The standard InChI is InChI=1S/C10H20N4O3/c1-16-6-7-17-5-2-11-8-10-9-14(3-4-15)13-12-10/h9,11,15H,2-8H2,1H3. The SMILES string of the molecule is COCCOCCNCc1cn(CCO)nn1. The van der Waals surface area contributed by atoms with Crippen LogP contribution in [0.5, 0.6) is 0 Å². The number of hydrogen-bond donors (Lipinski definition) is 2. The molecule has 1 aromatic rings. The lowest BCUT2D eigenvalue weighted by atomic mass is 10.4. The van der Waals surface area contributed by atoms with Crippen LogP contribution in [0, 0.1) is 0 Å². The van der Waals surface area contributed by atoms with Crippen molar-refractivity contribution in [2.75, 3.05) is 40.1 Å². The molecule has 98 valence electrons. The summed E-state index contributed by atoms with van der Waals surface area (Å²) in [7, 11) is 1.65. The van der Waals surface area contributed by atoms with Crippen molar-refractivity contribution >= 4 is 0 Å². The first kappa shape index (κ1) is 14.0. The fourth-order valence-corrected chi connectivity index (χ4v) is 1.24. The Kier molecular flexibility index (Phi) is 7.48. The van der Waals surface area contributed by atoms with Gasteiger partial charge < -0.3 is 19.9 Å². The van der Waals surface area contributed by atoms with Gasteiger partial charge in [0.05, 0.1) is 38.7 Å². The predicted octanol–water partition coefficient (Wildman–Crippen LogP) is -0.977. The Morgan fingerprint density at radius 1 is 1.41 bits per heavy atom. The summed E-state index contributed by atoms with van der Waals surface area (Å²) in [6, 6.07) is 0. The lowest BCUT2D eigenvalue weighted by molar-refractivity contribution is 0.0719. The molecule has 0 aliphatic rings. The molecule has 0 bridgehead atoms. The van der Waals surface area contributed by atoms with Crippen molar-refractivity contribution in [1.82, 2.24) is 20.3 Å². The molecule has 2 N–H and O–H groups in total. The normalized spacial score (nSPS) is 10.9. The van der Waals surface area contributed by atoms with Gasteiger partial charge in [-0.05, 0) is 0 Å². The van der Waals surface area contributed by atoms with Crippen LogP contribution in [-0.2, 0) is 22.6 Å². The fraction of sp³-hybridized carbons (Fsp3) is 0.800. The van der Waals surface area contributed by atoms with E-state index < -0.39 is 0 Å². The van der Waals surface area contributed by atoms with Gasteiger partial charge >= 0.3 is 0 Å². The van der Waals surface area contributed by atoms with E-state index in [4.69, 9.17) is 14.6 Å². The van der Waals surface area contributed by atoms with Gasteiger partial charge in [-0.1, -0.05) is 5.21 Å². The molecule has 7 heteroatoms. The van der Waals surface area contributed by atoms with Crippen molar-refractivity contribution in [1.29, 1.82) is 0 Å². The molecule has 0 aromatic carbocycles. The Bertz CT molecular complexity index is 293. The van der Waals surface area contributed by atoms with E-state index >= 15 is 0 Å². The number of hydrogen-bond acceptors (Lipinski definition) is 6. The minimum Gasteiger partial charge on any atom is -0.394 e. The zero-order valence-electron chi connectivity index (χ0n) is 10.1. The van der Waals surface area contributed by atoms with Crippen molar-refractivity contribution in [3.8, 4) is 0 Å². The first-order valence-corrected chi connectivity index (χ1v) is 5.64. The second-order valence-electron chi connectivity index (χ2n) is 3.48. The Balaban J connectivity index is 2.01. The molecule has 0 fully saturated rings. The van der Waals surface area contributed by atoms with Crippen LogP contribution in [-0.4, -0.2) is 60.2 Å². The van der Waals surface area contributed by atoms with E-state index in [1.165, 1.54) is 0 Å². The average molecular weight is 244 g/mol. The van der Waals surface area contributed by atoms with E-state index in [2.05, 4.69) is 15.6 Å². The third-order valence-corrected chi connectivity index (χ3v) is 2.08. The number of ether oxygens (including phenoxy) is 2. The average Bonchev–Trinajstić information content (AvgIpc) is 2.76. The lowest BCUT2D eigenvalue weighted by Gasteiger charge is -2.03. The highest BCUT2D eigenvalue weighted by atomic mass is 16.5. The fourth-order valence-electron chi connectivity index (χ4n) is 1.24. The van der Waals surface area contributed by atoms with Crippen molar-refractivity contribution in [2.24, 2.45) is 0 Å². The highest BCUT2D eigenvalue weighted by molar-refractivity contribution is 4.91. The molecular formula is C10H20N4O3. The summed E-state index contributed by atoms with van der Waals surface area (Å²) in [6.45, 7) is 3.85. The molecule has 0 aliphatic carbocycles.